The second-order valence-electron chi connectivity index (χ2n) is 7.17. The lowest BCUT2D eigenvalue weighted by Crippen LogP contribution is -2.51. The van der Waals surface area contributed by atoms with Crippen LogP contribution in [0.25, 0.3) is 0 Å². The van der Waals surface area contributed by atoms with E-state index in [1.807, 2.05) is 0 Å². The molecule has 1 amide bonds. The molecule has 1 saturated heterocycles. The minimum atomic E-state index is -3.66. The van der Waals surface area contributed by atoms with Crippen molar-refractivity contribution in [2.45, 2.75) is 11.3 Å². The third-order valence-electron chi connectivity index (χ3n) is 5.03. The van der Waals surface area contributed by atoms with E-state index in [1.165, 1.54) is 33.5 Å². The van der Waals surface area contributed by atoms with Crippen LogP contribution in [0.1, 0.15) is 6.42 Å². The SMILES string of the molecule is COc1ccc(OCCC(=O)OCC(=O)N2CCN(S(=O)(=O)c3ccc(Cl)cc3)CC2)cc1. The summed E-state index contributed by atoms with van der Waals surface area (Å²) in [5.41, 5.74) is 0. The fourth-order valence-electron chi connectivity index (χ4n) is 3.16. The fourth-order valence-corrected chi connectivity index (χ4v) is 4.71. The molecule has 0 N–H and O–H groups in total. The predicted octanol–water partition coefficient (Wildman–Crippen LogP) is 2.19. The summed E-state index contributed by atoms with van der Waals surface area (Å²) in [4.78, 5) is 25.9. The van der Waals surface area contributed by atoms with Gasteiger partial charge in [-0.15, -0.1) is 0 Å². The van der Waals surface area contributed by atoms with Crippen LogP contribution in [0.3, 0.4) is 0 Å². The molecule has 9 nitrogen and oxygen atoms in total. The smallest absolute Gasteiger partial charge is 0.309 e. The third-order valence-corrected chi connectivity index (χ3v) is 7.20. The third kappa shape index (κ3) is 6.83. The number of piperazine rings is 1. The summed E-state index contributed by atoms with van der Waals surface area (Å²) >= 11 is 5.82. The van der Waals surface area contributed by atoms with Crippen molar-refractivity contribution in [3.8, 4) is 11.5 Å². The second kappa shape index (κ2) is 11.4. The molecule has 2 aromatic carbocycles. The minimum absolute atomic E-state index is 0.00752. The quantitative estimate of drug-likeness (QED) is 0.490. The van der Waals surface area contributed by atoms with Crippen LogP contribution in [0, 0.1) is 0 Å². The van der Waals surface area contributed by atoms with Crippen LogP contribution in [0.5, 0.6) is 11.5 Å². The monoisotopic (exact) mass is 496 g/mol. The average Bonchev–Trinajstić information content (AvgIpc) is 2.83. The van der Waals surface area contributed by atoms with Crippen molar-refractivity contribution in [3.05, 3.63) is 53.6 Å². The van der Waals surface area contributed by atoms with E-state index in [4.69, 9.17) is 25.8 Å². The number of carbonyl (C=O) groups is 2. The minimum Gasteiger partial charge on any atom is -0.497 e. The van der Waals surface area contributed by atoms with Crippen molar-refractivity contribution in [2.24, 2.45) is 0 Å². The van der Waals surface area contributed by atoms with Crippen LogP contribution < -0.4 is 9.47 Å². The number of esters is 1. The van der Waals surface area contributed by atoms with E-state index in [2.05, 4.69) is 0 Å². The molecule has 1 heterocycles. The van der Waals surface area contributed by atoms with E-state index in [-0.39, 0.29) is 50.0 Å². The van der Waals surface area contributed by atoms with Gasteiger partial charge in [-0.3, -0.25) is 9.59 Å². The van der Waals surface area contributed by atoms with E-state index in [1.54, 1.807) is 31.4 Å². The molecule has 0 atom stereocenters. The van der Waals surface area contributed by atoms with Crippen LogP contribution >= 0.6 is 11.6 Å². The van der Waals surface area contributed by atoms with Gasteiger partial charge in [0.1, 0.15) is 11.5 Å². The van der Waals surface area contributed by atoms with Gasteiger partial charge in [0, 0.05) is 31.2 Å². The van der Waals surface area contributed by atoms with Gasteiger partial charge in [0.2, 0.25) is 10.0 Å². The number of carbonyl (C=O) groups excluding carboxylic acids is 2. The molecule has 0 aromatic heterocycles. The Morgan fingerprint density at radius 2 is 1.55 bits per heavy atom. The Labute approximate surface area is 197 Å². The Bertz CT molecular complexity index is 1050. The Balaban J connectivity index is 1.38. The van der Waals surface area contributed by atoms with Gasteiger partial charge in [0.15, 0.2) is 6.61 Å². The zero-order chi connectivity index (χ0) is 23.8. The molecule has 3 rings (SSSR count). The molecule has 0 saturated carbocycles. The number of halogens is 1. The first-order valence-corrected chi connectivity index (χ1v) is 12.1. The van der Waals surface area contributed by atoms with Gasteiger partial charge >= 0.3 is 5.97 Å². The number of benzene rings is 2. The van der Waals surface area contributed by atoms with Gasteiger partial charge in [-0.05, 0) is 48.5 Å². The van der Waals surface area contributed by atoms with Crippen molar-refractivity contribution in [3.63, 3.8) is 0 Å². The molecular formula is C22H25ClN2O7S. The van der Waals surface area contributed by atoms with Gasteiger partial charge in [-0.25, -0.2) is 8.42 Å². The number of hydrogen-bond donors (Lipinski definition) is 0. The first kappa shape index (κ1) is 24.8. The summed E-state index contributed by atoms with van der Waals surface area (Å²) in [6, 6.07) is 12.9. The normalized spacial score (nSPS) is 14.5. The van der Waals surface area contributed by atoms with Crippen molar-refractivity contribution in [2.75, 3.05) is 46.5 Å². The van der Waals surface area contributed by atoms with E-state index in [0.29, 0.717) is 16.5 Å². The number of rotatable bonds is 9. The van der Waals surface area contributed by atoms with E-state index >= 15 is 0 Å². The molecule has 0 spiro atoms. The van der Waals surface area contributed by atoms with Crippen LogP contribution in [-0.4, -0.2) is 76.0 Å². The Kier molecular flexibility index (Phi) is 8.54. The molecule has 1 aliphatic rings. The van der Waals surface area contributed by atoms with Gasteiger partial charge in [-0.2, -0.15) is 4.31 Å². The molecule has 0 unspecified atom stereocenters. The number of amides is 1. The van der Waals surface area contributed by atoms with Gasteiger partial charge in [0.05, 0.1) is 25.0 Å². The molecule has 1 fully saturated rings. The summed E-state index contributed by atoms with van der Waals surface area (Å²) in [6.07, 6.45) is -0.00752. The molecule has 33 heavy (non-hydrogen) atoms. The zero-order valence-electron chi connectivity index (χ0n) is 18.1. The highest BCUT2D eigenvalue weighted by Crippen LogP contribution is 2.20. The second-order valence-corrected chi connectivity index (χ2v) is 9.55. The topological polar surface area (TPSA) is 102 Å². The molecule has 0 aliphatic carbocycles. The van der Waals surface area contributed by atoms with Gasteiger partial charge in [-0.1, -0.05) is 11.6 Å². The lowest BCUT2D eigenvalue weighted by Gasteiger charge is -2.33. The molecular weight excluding hydrogens is 472 g/mol. The Hall–Kier alpha value is -2.82. The molecule has 1 aliphatic heterocycles. The lowest BCUT2D eigenvalue weighted by atomic mass is 10.3. The van der Waals surface area contributed by atoms with E-state index in [0.717, 1.165) is 0 Å². The summed E-state index contributed by atoms with van der Waals surface area (Å²) in [5, 5.41) is 0.450. The molecule has 0 bridgehead atoms. The first-order valence-electron chi connectivity index (χ1n) is 10.3. The largest absolute Gasteiger partial charge is 0.497 e. The molecule has 178 valence electrons. The highest BCUT2D eigenvalue weighted by molar-refractivity contribution is 7.89. The highest BCUT2D eigenvalue weighted by Gasteiger charge is 2.30. The molecule has 2 aromatic rings. The number of sulfonamides is 1. The molecule has 0 radical (unpaired) electrons. The fraction of sp³-hybridized carbons (Fsp3) is 0.364. The zero-order valence-corrected chi connectivity index (χ0v) is 19.7. The van der Waals surface area contributed by atoms with E-state index < -0.39 is 22.6 Å². The van der Waals surface area contributed by atoms with E-state index in [9.17, 15) is 18.0 Å². The maximum Gasteiger partial charge on any atom is 0.309 e. The van der Waals surface area contributed by atoms with Crippen molar-refractivity contribution in [1.29, 1.82) is 0 Å². The van der Waals surface area contributed by atoms with Gasteiger partial charge < -0.3 is 19.1 Å². The van der Waals surface area contributed by atoms with Crippen LogP contribution in [0.15, 0.2) is 53.4 Å². The van der Waals surface area contributed by atoms with Crippen LogP contribution in [0.4, 0.5) is 0 Å². The molecule has 11 heteroatoms. The number of nitrogens with zero attached hydrogens (tertiary/aromatic N) is 2. The lowest BCUT2D eigenvalue weighted by molar-refractivity contribution is -0.152. The Morgan fingerprint density at radius 1 is 0.939 bits per heavy atom. The summed E-state index contributed by atoms with van der Waals surface area (Å²) in [5.74, 6) is 0.360. The van der Waals surface area contributed by atoms with Crippen LogP contribution in [-0.2, 0) is 24.3 Å². The summed E-state index contributed by atoms with van der Waals surface area (Å²) in [6.45, 7) is 0.445. The predicted molar refractivity (Wildman–Crippen MR) is 121 cm³/mol. The van der Waals surface area contributed by atoms with Crippen molar-refractivity contribution < 1.29 is 32.2 Å². The highest BCUT2D eigenvalue weighted by atomic mass is 35.5. The number of ether oxygens (including phenoxy) is 3. The van der Waals surface area contributed by atoms with Crippen molar-refractivity contribution >= 4 is 33.5 Å². The van der Waals surface area contributed by atoms with Crippen LogP contribution in [0.2, 0.25) is 5.02 Å². The maximum atomic E-state index is 12.7. The standard InChI is InChI=1S/C22H25ClN2O7S/c1-30-18-4-6-19(7-5-18)31-15-10-22(27)32-16-21(26)24-11-13-25(14-12-24)33(28,29)20-8-2-17(23)3-9-20/h2-9H,10-16H2,1H3. The summed E-state index contributed by atoms with van der Waals surface area (Å²) < 4.78 is 42.3. The number of hydrogen-bond acceptors (Lipinski definition) is 7. The average molecular weight is 497 g/mol. The maximum absolute atomic E-state index is 12.7. The summed E-state index contributed by atoms with van der Waals surface area (Å²) in [7, 11) is -2.09. The van der Waals surface area contributed by atoms with Gasteiger partial charge in [0.25, 0.3) is 5.91 Å². The van der Waals surface area contributed by atoms with Crippen molar-refractivity contribution in [1.82, 2.24) is 9.21 Å². The first-order chi connectivity index (χ1) is 15.8. The Morgan fingerprint density at radius 3 is 2.15 bits per heavy atom. The number of methoxy groups -OCH3 is 1.